The van der Waals surface area contributed by atoms with Gasteiger partial charge in [-0.2, -0.15) is 0 Å². The molecule has 0 unspecified atom stereocenters. The molecule has 2 fully saturated rings. The predicted molar refractivity (Wildman–Crippen MR) is 69.9 cm³/mol. The highest BCUT2D eigenvalue weighted by atomic mass is 16.2. The van der Waals surface area contributed by atoms with Crippen molar-refractivity contribution >= 4 is 5.91 Å². The fraction of sp³-hybridized carbons (Fsp3) is 0.929. The maximum atomic E-state index is 12.2. The van der Waals surface area contributed by atoms with Gasteiger partial charge in [0.05, 0.1) is 0 Å². The summed E-state index contributed by atoms with van der Waals surface area (Å²) in [7, 11) is 0. The van der Waals surface area contributed by atoms with E-state index in [1.165, 1.54) is 38.5 Å². The van der Waals surface area contributed by atoms with Gasteiger partial charge in [-0.1, -0.05) is 19.8 Å². The molecule has 2 rings (SSSR count). The van der Waals surface area contributed by atoms with Crippen molar-refractivity contribution in [3.63, 3.8) is 0 Å². The SMILES string of the molecule is CCNCCC(=O)N1CCC[C@H]2CCCC[C@H]21. The maximum Gasteiger partial charge on any atom is 0.224 e. The van der Waals surface area contributed by atoms with E-state index >= 15 is 0 Å². The molecule has 0 spiro atoms. The molecule has 2 atom stereocenters. The van der Waals surface area contributed by atoms with E-state index in [-0.39, 0.29) is 0 Å². The van der Waals surface area contributed by atoms with Gasteiger partial charge in [0.25, 0.3) is 0 Å². The number of piperidine rings is 1. The Kier molecular flexibility index (Phi) is 4.84. The number of amides is 1. The molecule has 3 heteroatoms. The molecule has 0 aromatic carbocycles. The van der Waals surface area contributed by atoms with Crippen LogP contribution in [0.3, 0.4) is 0 Å². The first-order chi connectivity index (χ1) is 8.33. The van der Waals surface area contributed by atoms with Gasteiger partial charge in [0.1, 0.15) is 0 Å². The minimum Gasteiger partial charge on any atom is -0.339 e. The molecule has 0 aromatic rings. The molecule has 1 aliphatic carbocycles. The fourth-order valence-electron chi connectivity index (χ4n) is 3.45. The summed E-state index contributed by atoms with van der Waals surface area (Å²) >= 11 is 0. The second kappa shape index (κ2) is 6.39. The Labute approximate surface area is 105 Å². The second-order valence-corrected chi connectivity index (χ2v) is 5.44. The van der Waals surface area contributed by atoms with Gasteiger partial charge in [-0.3, -0.25) is 4.79 Å². The van der Waals surface area contributed by atoms with Crippen LogP contribution in [0.5, 0.6) is 0 Å². The molecule has 1 saturated heterocycles. The predicted octanol–water partition coefficient (Wildman–Crippen LogP) is 2.17. The first-order valence-electron chi connectivity index (χ1n) is 7.33. The third-order valence-corrected chi connectivity index (χ3v) is 4.33. The Morgan fingerprint density at radius 1 is 1.24 bits per heavy atom. The normalized spacial score (nSPS) is 28.9. The number of likely N-dealkylation sites (tertiary alicyclic amines) is 1. The smallest absolute Gasteiger partial charge is 0.224 e. The standard InChI is InChI=1S/C14H26N2O/c1-2-15-10-9-14(17)16-11-5-7-12-6-3-4-8-13(12)16/h12-13,15H,2-11H2,1H3/t12-,13-/m1/s1. The fourth-order valence-corrected chi connectivity index (χ4v) is 3.45. The highest BCUT2D eigenvalue weighted by molar-refractivity contribution is 5.76. The number of carbonyl (C=O) groups excluding carboxylic acids is 1. The molecular formula is C14H26N2O. The largest absolute Gasteiger partial charge is 0.339 e. The summed E-state index contributed by atoms with van der Waals surface area (Å²) in [5, 5.41) is 3.24. The molecule has 1 saturated carbocycles. The van der Waals surface area contributed by atoms with Crippen LogP contribution in [0.4, 0.5) is 0 Å². The third kappa shape index (κ3) is 3.21. The molecule has 98 valence electrons. The van der Waals surface area contributed by atoms with Crippen molar-refractivity contribution < 1.29 is 4.79 Å². The number of nitrogens with one attached hydrogen (secondary N) is 1. The quantitative estimate of drug-likeness (QED) is 0.761. The summed E-state index contributed by atoms with van der Waals surface area (Å²) < 4.78 is 0. The van der Waals surface area contributed by atoms with Crippen molar-refractivity contribution in [1.29, 1.82) is 0 Å². The van der Waals surface area contributed by atoms with Crippen molar-refractivity contribution in [2.45, 2.75) is 57.9 Å². The summed E-state index contributed by atoms with van der Waals surface area (Å²) in [6.45, 7) is 4.89. The lowest BCUT2D eigenvalue weighted by molar-refractivity contribution is -0.137. The molecule has 1 amide bonds. The van der Waals surface area contributed by atoms with Crippen LogP contribution in [-0.4, -0.2) is 36.5 Å². The second-order valence-electron chi connectivity index (χ2n) is 5.44. The molecule has 2 aliphatic rings. The molecule has 1 aliphatic heterocycles. The first-order valence-corrected chi connectivity index (χ1v) is 7.33. The van der Waals surface area contributed by atoms with Crippen LogP contribution in [0.2, 0.25) is 0 Å². The number of hydrogen-bond donors (Lipinski definition) is 1. The van der Waals surface area contributed by atoms with Gasteiger partial charge < -0.3 is 10.2 Å². The van der Waals surface area contributed by atoms with Gasteiger partial charge in [-0.15, -0.1) is 0 Å². The molecule has 0 bridgehead atoms. The highest BCUT2D eigenvalue weighted by Gasteiger charge is 2.35. The van der Waals surface area contributed by atoms with E-state index in [4.69, 9.17) is 0 Å². The molecule has 1 N–H and O–H groups in total. The number of rotatable bonds is 4. The molecule has 1 heterocycles. The van der Waals surface area contributed by atoms with E-state index in [1.807, 2.05) is 0 Å². The molecule has 0 aromatic heterocycles. The van der Waals surface area contributed by atoms with Crippen molar-refractivity contribution in [2.75, 3.05) is 19.6 Å². The number of carbonyl (C=O) groups is 1. The van der Waals surface area contributed by atoms with Crippen LogP contribution in [0.15, 0.2) is 0 Å². The van der Waals surface area contributed by atoms with Crippen LogP contribution in [0, 0.1) is 5.92 Å². The van der Waals surface area contributed by atoms with Gasteiger partial charge in [-0.25, -0.2) is 0 Å². The van der Waals surface area contributed by atoms with Crippen molar-refractivity contribution in [2.24, 2.45) is 5.92 Å². The van der Waals surface area contributed by atoms with Gasteiger partial charge >= 0.3 is 0 Å². The lowest BCUT2D eigenvalue weighted by Crippen LogP contribution is -2.50. The van der Waals surface area contributed by atoms with E-state index < -0.39 is 0 Å². The summed E-state index contributed by atoms with van der Waals surface area (Å²) in [6.07, 6.45) is 8.53. The Hall–Kier alpha value is -0.570. The summed E-state index contributed by atoms with van der Waals surface area (Å²) in [5.41, 5.74) is 0. The minimum atomic E-state index is 0.377. The Morgan fingerprint density at radius 3 is 2.82 bits per heavy atom. The third-order valence-electron chi connectivity index (χ3n) is 4.33. The zero-order chi connectivity index (χ0) is 12.1. The van der Waals surface area contributed by atoms with Crippen molar-refractivity contribution in [1.82, 2.24) is 10.2 Å². The van der Waals surface area contributed by atoms with E-state index in [0.29, 0.717) is 18.4 Å². The lowest BCUT2D eigenvalue weighted by Gasteiger charge is -2.44. The van der Waals surface area contributed by atoms with Crippen molar-refractivity contribution in [3.05, 3.63) is 0 Å². The lowest BCUT2D eigenvalue weighted by atomic mass is 9.78. The van der Waals surface area contributed by atoms with Gasteiger partial charge in [0, 0.05) is 25.6 Å². The monoisotopic (exact) mass is 238 g/mol. The first kappa shape index (κ1) is 12.9. The van der Waals surface area contributed by atoms with Crippen LogP contribution in [0.1, 0.15) is 51.9 Å². The Morgan fingerprint density at radius 2 is 2.00 bits per heavy atom. The van der Waals surface area contributed by atoms with E-state index in [0.717, 1.165) is 25.6 Å². The summed E-state index contributed by atoms with van der Waals surface area (Å²) in [6, 6.07) is 0.576. The zero-order valence-electron chi connectivity index (χ0n) is 11.1. The van der Waals surface area contributed by atoms with Gasteiger partial charge in [0.15, 0.2) is 0 Å². The van der Waals surface area contributed by atoms with Gasteiger partial charge in [0.2, 0.25) is 5.91 Å². The molecule has 0 radical (unpaired) electrons. The minimum absolute atomic E-state index is 0.377. The molecule has 17 heavy (non-hydrogen) atoms. The molecular weight excluding hydrogens is 212 g/mol. The van der Waals surface area contributed by atoms with Crippen molar-refractivity contribution in [3.8, 4) is 0 Å². The average molecular weight is 238 g/mol. The summed E-state index contributed by atoms with van der Waals surface area (Å²) in [4.78, 5) is 14.4. The van der Waals surface area contributed by atoms with E-state index in [1.54, 1.807) is 0 Å². The average Bonchev–Trinajstić information content (AvgIpc) is 2.38. The van der Waals surface area contributed by atoms with E-state index in [9.17, 15) is 4.79 Å². The summed E-state index contributed by atoms with van der Waals surface area (Å²) in [5.74, 6) is 1.18. The Balaban J connectivity index is 1.87. The number of fused-ring (bicyclic) bond motifs is 1. The van der Waals surface area contributed by atoms with Crippen LogP contribution < -0.4 is 5.32 Å². The topological polar surface area (TPSA) is 32.3 Å². The van der Waals surface area contributed by atoms with Crippen LogP contribution in [0.25, 0.3) is 0 Å². The van der Waals surface area contributed by atoms with Gasteiger partial charge in [-0.05, 0) is 38.1 Å². The zero-order valence-corrected chi connectivity index (χ0v) is 11.1. The maximum absolute atomic E-state index is 12.2. The van der Waals surface area contributed by atoms with E-state index in [2.05, 4.69) is 17.1 Å². The molecule has 3 nitrogen and oxygen atoms in total. The Bertz CT molecular complexity index is 253. The highest BCUT2D eigenvalue weighted by Crippen LogP contribution is 2.35. The number of nitrogens with zero attached hydrogens (tertiary/aromatic N) is 1. The van der Waals surface area contributed by atoms with Crippen LogP contribution in [-0.2, 0) is 4.79 Å². The van der Waals surface area contributed by atoms with Crippen LogP contribution >= 0.6 is 0 Å². The number of hydrogen-bond acceptors (Lipinski definition) is 2.